The van der Waals surface area contributed by atoms with Gasteiger partial charge >= 0.3 is 0 Å². The molecule has 1 aromatic carbocycles. The van der Waals surface area contributed by atoms with Crippen molar-refractivity contribution >= 4 is 5.91 Å². The number of hydrogen-bond acceptors (Lipinski definition) is 3. The van der Waals surface area contributed by atoms with E-state index >= 15 is 0 Å². The highest BCUT2D eigenvalue weighted by Gasteiger charge is 2.21. The van der Waals surface area contributed by atoms with Crippen LogP contribution in [0.15, 0.2) is 24.3 Å². The zero-order chi connectivity index (χ0) is 14.3. The second kappa shape index (κ2) is 7.92. The van der Waals surface area contributed by atoms with Crippen molar-refractivity contribution in [3.8, 4) is 0 Å². The molecule has 0 radical (unpaired) electrons. The van der Waals surface area contributed by atoms with Gasteiger partial charge in [0.15, 0.2) is 0 Å². The molecular weight excluding hydrogens is 242 g/mol. The molecule has 1 amide bonds. The van der Waals surface area contributed by atoms with Gasteiger partial charge in [0.1, 0.15) is 0 Å². The number of hydrogen-bond donors (Lipinski definition) is 2. The largest absolute Gasteiger partial charge is 0.395 e. The molecule has 0 bridgehead atoms. The predicted octanol–water partition coefficient (Wildman–Crippen LogP) is 1.80. The molecule has 19 heavy (non-hydrogen) atoms. The molecule has 0 spiro atoms. The van der Waals surface area contributed by atoms with E-state index in [-0.39, 0.29) is 25.2 Å². The fourth-order valence-corrected chi connectivity index (χ4v) is 2.21. The van der Waals surface area contributed by atoms with Crippen molar-refractivity contribution in [2.75, 3.05) is 13.2 Å². The number of amides is 1. The summed E-state index contributed by atoms with van der Waals surface area (Å²) in [7, 11) is 0. The van der Waals surface area contributed by atoms with Crippen LogP contribution < -0.4 is 0 Å². The molecule has 0 atom stereocenters. The van der Waals surface area contributed by atoms with Gasteiger partial charge in [-0.05, 0) is 30.5 Å². The van der Waals surface area contributed by atoms with Crippen LogP contribution >= 0.6 is 0 Å². The maximum atomic E-state index is 12.4. The number of nitrogens with zero attached hydrogens (tertiary/aromatic N) is 1. The Morgan fingerprint density at radius 3 is 2.16 bits per heavy atom. The number of aliphatic hydroxyl groups is 2. The average molecular weight is 265 g/mol. The fraction of sp³-hybridized carbons (Fsp3) is 0.533. The van der Waals surface area contributed by atoms with Crippen LogP contribution in [-0.2, 0) is 6.61 Å². The molecule has 0 saturated carbocycles. The highest BCUT2D eigenvalue weighted by atomic mass is 16.3. The Hall–Kier alpha value is -1.39. The van der Waals surface area contributed by atoms with Gasteiger partial charge in [-0.3, -0.25) is 4.79 Å². The van der Waals surface area contributed by atoms with E-state index in [1.54, 1.807) is 29.2 Å². The van der Waals surface area contributed by atoms with Gasteiger partial charge in [0.05, 0.1) is 13.2 Å². The van der Waals surface area contributed by atoms with Gasteiger partial charge in [-0.15, -0.1) is 0 Å². The lowest BCUT2D eigenvalue weighted by Crippen LogP contribution is -2.41. The molecule has 0 heterocycles. The van der Waals surface area contributed by atoms with E-state index in [4.69, 9.17) is 10.2 Å². The van der Waals surface area contributed by atoms with Crippen molar-refractivity contribution in [1.82, 2.24) is 4.90 Å². The molecule has 0 aliphatic heterocycles. The summed E-state index contributed by atoms with van der Waals surface area (Å²) in [6.45, 7) is 4.38. The highest BCUT2D eigenvalue weighted by molar-refractivity contribution is 5.94. The van der Waals surface area contributed by atoms with E-state index in [1.165, 1.54) is 0 Å². The number of aliphatic hydroxyl groups excluding tert-OH is 2. The smallest absolute Gasteiger partial charge is 0.254 e. The molecule has 1 rings (SSSR count). The van der Waals surface area contributed by atoms with E-state index in [2.05, 4.69) is 0 Å². The minimum Gasteiger partial charge on any atom is -0.395 e. The van der Waals surface area contributed by atoms with Crippen LogP contribution in [0.3, 0.4) is 0 Å². The summed E-state index contributed by atoms with van der Waals surface area (Å²) in [5.74, 6) is -0.0627. The molecule has 0 aromatic heterocycles. The molecule has 0 saturated heterocycles. The third kappa shape index (κ3) is 4.04. The van der Waals surface area contributed by atoms with Crippen molar-refractivity contribution in [3.05, 3.63) is 35.4 Å². The second-order valence-electron chi connectivity index (χ2n) is 4.55. The van der Waals surface area contributed by atoms with E-state index in [0.717, 1.165) is 18.4 Å². The Morgan fingerprint density at radius 2 is 1.74 bits per heavy atom. The minimum atomic E-state index is -0.0627. The zero-order valence-electron chi connectivity index (χ0n) is 11.7. The molecule has 1 aromatic rings. The predicted molar refractivity (Wildman–Crippen MR) is 74.9 cm³/mol. The van der Waals surface area contributed by atoms with Crippen LogP contribution in [0.4, 0.5) is 0 Å². The molecule has 4 nitrogen and oxygen atoms in total. The normalized spacial score (nSPS) is 10.8. The van der Waals surface area contributed by atoms with Gasteiger partial charge < -0.3 is 15.1 Å². The lowest BCUT2D eigenvalue weighted by Gasteiger charge is -2.30. The van der Waals surface area contributed by atoms with Crippen LogP contribution in [0.25, 0.3) is 0 Å². The van der Waals surface area contributed by atoms with E-state index < -0.39 is 0 Å². The number of carbonyl (C=O) groups excluding carboxylic acids is 1. The second-order valence-corrected chi connectivity index (χ2v) is 4.55. The summed E-state index contributed by atoms with van der Waals surface area (Å²) >= 11 is 0. The van der Waals surface area contributed by atoms with Gasteiger partial charge in [0, 0.05) is 18.2 Å². The van der Waals surface area contributed by atoms with Crippen LogP contribution in [0.1, 0.15) is 42.6 Å². The Morgan fingerprint density at radius 1 is 1.16 bits per heavy atom. The Balaban J connectivity index is 2.91. The SMILES string of the molecule is CCC(CC)N(CCO)C(=O)c1ccc(CO)cc1. The molecule has 0 aliphatic rings. The van der Waals surface area contributed by atoms with E-state index in [9.17, 15) is 4.79 Å². The first-order chi connectivity index (χ1) is 9.17. The maximum Gasteiger partial charge on any atom is 0.254 e. The average Bonchev–Trinajstić information content (AvgIpc) is 2.47. The minimum absolute atomic E-state index is 0.0264. The number of carbonyl (C=O) groups is 1. The maximum absolute atomic E-state index is 12.4. The van der Waals surface area contributed by atoms with Crippen LogP contribution in [0, 0.1) is 0 Å². The summed E-state index contributed by atoms with van der Waals surface area (Å²) < 4.78 is 0. The van der Waals surface area contributed by atoms with Gasteiger partial charge in [-0.25, -0.2) is 0 Å². The van der Waals surface area contributed by atoms with Gasteiger partial charge in [-0.2, -0.15) is 0 Å². The van der Waals surface area contributed by atoms with Gasteiger partial charge in [0.25, 0.3) is 5.91 Å². The quantitative estimate of drug-likeness (QED) is 0.790. The van der Waals surface area contributed by atoms with Gasteiger partial charge in [0.2, 0.25) is 0 Å². The first kappa shape index (κ1) is 15.7. The first-order valence-electron chi connectivity index (χ1n) is 6.79. The van der Waals surface area contributed by atoms with Crippen molar-refractivity contribution in [1.29, 1.82) is 0 Å². The van der Waals surface area contributed by atoms with Crippen molar-refractivity contribution in [3.63, 3.8) is 0 Å². The summed E-state index contributed by atoms with van der Waals surface area (Å²) in [6.07, 6.45) is 1.74. The molecule has 106 valence electrons. The summed E-state index contributed by atoms with van der Waals surface area (Å²) in [5.41, 5.74) is 1.38. The molecule has 4 heteroatoms. The summed E-state index contributed by atoms with van der Waals surface area (Å²) in [6, 6.07) is 7.09. The number of benzene rings is 1. The van der Waals surface area contributed by atoms with Crippen LogP contribution in [0.2, 0.25) is 0 Å². The summed E-state index contributed by atoms with van der Waals surface area (Å²) in [5, 5.41) is 18.1. The lowest BCUT2D eigenvalue weighted by molar-refractivity contribution is 0.0622. The lowest BCUT2D eigenvalue weighted by atomic mass is 10.1. The van der Waals surface area contributed by atoms with Crippen molar-refractivity contribution in [2.24, 2.45) is 0 Å². The molecule has 2 N–H and O–H groups in total. The summed E-state index contributed by atoms with van der Waals surface area (Å²) in [4.78, 5) is 14.2. The van der Waals surface area contributed by atoms with Crippen molar-refractivity contribution < 1.29 is 15.0 Å². The molecule has 0 fully saturated rings. The Labute approximate surface area is 114 Å². The Bertz CT molecular complexity index is 385. The van der Waals surface area contributed by atoms with E-state index in [0.29, 0.717) is 12.1 Å². The van der Waals surface area contributed by atoms with Crippen LogP contribution in [0.5, 0.6) is 0 Å². The van der Waals surface area contributed by atoms with Crippen molar-refractivity contribution in [2.45, 2.75) is 39.3 Å². The van der Waals surface area contributed by atoms with E-state index in [1.807, 2.05) is 13.8 Å². The topological polar surface area (TPSA) is 60.8 Å². The third-order valence-electron chi connectivity index (χ3n) is 3.37. The van der Waals surface area contributed by atoms with Crippen LogP contribution in [-0.4, -0.2) is 40.2 Å². The molecule has 0 unspecified atom stereocenters. The molecular formula is C15H23NO3. The van der Waals surface area contributed by atoms with Gasteiger partial charge in [-0.1, -0.05) is 26.0 Å². The third-order valence-corrected chi connectivity index (χ3v) is 3.37. The zero-order valence-corrected chi connectivity index (χ0v) is 11.7. The fourth-order valence-electron chi connectivity index (χ4n) is 2.21. The number of rotatable bonds is 7. The standard InChI is InChI=1S/C15H23NO3/c1-3-14(4-2)16(9-10-17)15(19)13-7-5-12(11-18)6-8-13/h5-8,14,17-18H,3-4,9-11H2,1-2H3. The first-order valence-corrected chi connectivity index (χ1v) is 6.79. The Kier molecular flexibility index (Phi) is 6.53. The monoisotopic (exact) mass is 265 g/mol. The highest BCUT2D eigenvalue weighted by Crippen LogP contribution is 2.14. The molecule has 0 aliphatic carbocycles.